The normalized spacial score (nSPS) is 16.1. The van der Waals surface area contributed by atoms with Crippen molar-refractivity contribution in [2.45, 2.75) is 57.8 Å². The molecule has 1 aliphatic rings. The SMILES string of the molecule is CCC(C)(Pc1ccccc1CN1CCCCC1)c1cc(OC)cc(OC)c1OCc1ccccc1. The Kier molecular flexibility index (Phi) is 9.29. The van der Waals surface area contributed by atoms with E-state index in [1.54, 1.807) is 14.2 Å². The third-order valence-corrected chi connectivity index (χ3v) is 9.21. The molecule has 0 saturated carbocycles. The molecule has 4 rings (SSSR count). The van der Waals surface area contributed by atoms with E-state index in [-0.39, 0.29) is 5.16 Å². The fourth-order valence-electron chi connectivity index (χ4n) is 4.92. The van der Waals surface area contributed by atoms with Crippen LogP contribution in [0, 0.1) is 0 Å². The van der Waals surface area contributed by atoms with Gasteiger partial charge in [0, 0.05) is 23.3 Å². The van der Waals surface area contributed by atoms with Gasteiger partial charge in [-0.05, 0) is 54.8 Å². The van der Waals surface area contributed by atoms with Gasteiger partial charge < -0.3 is 14.2 Å². The molecule has 0 aromatic heterocycles. The monoisotopic (exact) mass is 505 g/mol. The highest BCUT2D eigenvalue weighted by molar-refractivity contribution is 7.48. The summed E-state index contributed by atoms with van der Waals surface area (Å²) < 4.78 is 18.0. The van der Waals surface area contributed by atoms with E-state index in [9.17, 15) is 0 Å². The van der Waals surface area contributed by atoms with Gasteiger partial charge >= 0.3 is 0 Å². The van der Waals surface area contributed by atoms with Crippen molar-refractivity contribution in [1.29, 1.82) is 0 Å². The molecule has 1 aliphatic heterocycles. The van der Waals surface area contributed by atoms with Crippen LogP contribution >= 0.6 is 8.58 Å². The van der Waals surface area contributed by atoms with Crippen LogP contribution in [0.3, 0.4) is 0 Å². The van der Waals surface area contributed by atoms with Gasteiger partial charge in [-0.1, -0.05) is 83.4 Å². The van der Waals surface area contributed by atoms with Gasteiger partial charge in [-0.25, -0.2) is 0 Å². The molecule has 3 aromatic rings. The van der Waals surface area contributed by atoms with E-state index in [2.05, 4.69) is 61.2 Å². The number of ether oxygens (including phenoxy) is 3. The van der Waals surface area contributed by atoms with E-state index >= 15 is 0 Å². The Bertz CT molecular complexity index is 1110. The largest absolute Gasteiger partial charge is 0.497 e. The molecule has 0 aliphatic carbocycles. The lowest BCUT2D eigenvalue weighted by atomic mass is 9.95. The molecular formula is C31H40NO3P. The number of nitrogens with zero attached hydrogens (tertiary/aromatic N) is 1. The van der Waals surface area contributed by atoms with E-state index in [0.717, 1.165) is 35.6 Å². The maximum atomic E-state index is 6.50. The zero-order valence-electron chi connectivity index (χ0n) is 22.2. The van der Waals surface area contributed by atoms with Gasteiger partial charge in [-0.15, -0.1) is 0 Å². The number of likely N-dealkylation sites (tertiary alicyclic amines) is 1. The molecule has 0 amide bonds. The molecule has 2 atom stereocenters. The lowest BCUT2D eigenvalue weighted by Crippen LogP contribution is -2.31. The first kappa shape index (κ1) is 26.5. The average Bonchev–Trinajstić information content (AvgIpc) is 2.93. The predicted molar refractivity (Wildman–Crippen MR) is 151 cm³/mol. The summed E-state index contributed by atoms with van der Waals surface area (Å²) in [6.07, 6.45) is 4.95. The Morgan fingerprint density at radius 2 is 1.61 bits per heavy atom. The summed E-state index contributed by atoms with van der Waals surface area (Å²) in [6.45, 7) is 8.55. The molecule has 1 fully saturated rings. The second-order valence-electron chi connectivity index (χ2n) is 9.79. The Morgan fingerprint density at radius 1 is 0.889 bits per heavy atom. The first-order chi connectivity index (χ1) is 17.6. The maximum Gasteiger partial charge on any atom is 0.166 e. The van der Waals surface area contributed by atoms with Crippen molar-refractivity contribution in [1.82, 2.24) is 4.90 Å². The molecule has 0 bridgehead atoms. The molecule has 1 saturated heterocycles. The maximum absolute atomic E-state index is 6.50. The zero-order valence-corrected chi connectivity index (χ0v) is 23.2. The number of hydrogen-bond acceptors (Lipinski definition) is 4. The van der Waals surface area contributed by atoms with Crippen molar-refractivity contribution >= 4 is 13.9 Å². The van der Waals surface area contributed by atoms with E-state index in [4.69, 9.17) is 14.2 Å². The van der Waals surface area contributed by atoms with Gasteiger partial charge in [0.25, 0.3) is 0 Å². The first-order valence-electron chi connectivity index (χ1n) is 13.1. The van der Waals surface area contributed by atoms with Crippen LogP contribution < -0.4 is 19.5 Å². The van der Waals surface area contributed by atoms with Crippen molar-refractivity contribution < 1.29 is 14.2 Å². The quantitative estimate of drug-likeness (QED) is 0.265. The van der Waals surface area contributed by atoms with Crippen molar-refractivity contribution in [3.63, 3.8) is 0 Å². The van der Waals surface area contributed by atoms with Gasteiger partial charge in [0.15, 0.2) is 11.5 Å². The fourth-order valence-corrected chi connectivity index (χ4v) is 6.51. The Labute approximate surface area is 218 Å². The van der Waals surface area contributed by atoms with Crippen LogP contribution in [-0.4, -0.2) is 32.2 Å². The number of rotatable bonds is 11. The number of hydrogen-bond donors (Lipinski definition) is 0. The minimum absolute atomic E-state index is 0.133. The summed E-state index contributed by atoms with van der Waals surface area (Å²) in [5, 5.41) is 1.30. The van der Waals surface area contributed by atoms with Crippen LogP contribution in [0.2, 0.25) is 0 Å². The highest BCUT2D eigenvalue weighted by atomic mass is 31.1. The van der Waals surface area contributed by atoms with Gasteiger partial charge in [-0.2, -0.15) is 0 Å². The number of benzene rings is 3. The second kappa shape index (κ2) is 12.6. The highest BCUT2D eigenvalue weighted by Crippen LogP contribution is 2.51. The van der Waals surface area contributed by atoms with Gasteiger partial charge in [-0.3, -0.25) is 4.90 Å². The lowest BCUT2D eigenvalue weighted by molar-refractivity contribution is 0.221. The molecule has 36 heavy (non-hydrogen) atoms. The third kappa shape index (κ3) is 6.41. The number of methoxy groups -OCH3 is 2. The second-order valence-corrected chi connectivity index (χ2v) is 11.7. The Balaban J connectivity index is 1.69. The Morgan fingerprint density at radius 3 is 2.31 bits per heavy atom. The molecule has 0 N–H and O–H groups in total. The van der Waals surface area contributed by atoms with Crippen LogP contribution in [0.25, 0.3) is 0 Å². The predicted octanol–water partition coefficient (Wildman–Crippen LogP) is 6.90. The summed E-state index contributed by atoms with van der Waals surface area (Å²) in [4.78, 5) is 2.61. The van der Waals surface area contributed by atoms with Crippen LogP contribution in [0.5, 0.6) is 17.2 Å². The topological polar surface area (TPSA) is 30.9 Å². The minimum atomic E-state index is -0.133. The summed E-state index contributed by atoms with van der Waals surface area (Å²) in [6, 6.07) is 23.3. The summed E-state index contributed by atoms with van der Waals surface area (Å²) >= 11 is 0. The van der Waals surface area contributed by atoms with Crippen LogP contribution in [-0.2, 0) is 18.3 Å². The summed E-state index contributed by atoms with van der Waals surface area (Å²) in [5.74, 6) is 2.32. The van der Waals surface area contributed by atoms with Crippen molar-refractivity contribution in [2.24, 2.45) is 0 Å². The Hall–Kier alpha value is -2.55. The van der Waals surface area contributed by atoms with Crippen LogP contribution in [0.4, 0.5) is 0 Å². The van der Waals surface area contributed by atoms with E-state index < -0.39 is 0 Å². The number of piperidine rings is 1. The smallest absolute Gasteiger partial charge is 0.166 e. The molecular weight excluding hydrogens is 465 g/mol. The van der Waals surface area contributed by atoms with E-state index in [1.807, 2.05) is 24.3 Å². The minimum Gasteiger partial charge on any atom is -0.497 e. The standard InChI is InChI=1S/C31H40NO3P/c1-5-31(2,36-29-17-11-10-16-25(29)22-32-18-12-7-13-19-32)27-20-26(33-3)21-28(34-4)30(27)35-23-24-14-8-6-9-15-24/h6,8-11,14-17,20-21,36H,5,7,12-13,18-19,22-23H2,1-4H3. The fraction of sp³-hybridized carbons (Fsp3) is 0.419. The summed E-state index contributed by atoms with van der Waals surface area (Å²) in [5.41, 5.74) is 3.72. The van der Waals surface area contributed by atoms with Gasteiger partial charge in [0.05, 0.1) is 14.2 Å². The molecule has 1 heterocycles. The summed E-state index contributed by atoms with van der Waals surface area (Å²) in [7, 11) is 4.00. The molecule has 0 radical (unpaired) electrons. The molecule has 2 unspecified atom stereocenters. The van der Waals surface area contributed by atoms with Crippen molar-refractivity contribution in [2.75, 3.05) is 27.3 Å². The molecule has 192 valence electrons. The van der Waals surface area contributed by atoms with E-state index in [1.165, 1.54) is 43.2 Å². The lowest BCUT2D eigenvalue weighted by Gasteiger charge is -2.33. The zero-order chi connectivity index (χ0) is 25.4. The molecule has 5 heteroatoms. The van der Waals surface area contributed by atoms with Crippen LogP contribution in [0.15, 0.2) is 66.7 Å². The molecule has 0 spiro atoms. The highest BCUT2D eigenvalue weighted by Gasteiger charge is 2.32. The van der Waals surface area contributed by atoms with E-state index in [0.29, 0.717) is 20.9 Å². The average molecular weight is 506 g/mol. The van der Waals surface area contributed by atoms with Crippen LogP contribution in [0.1, 0.15) is 56.2 Å². The van der Waals surface area contributed by atoms with Crippen molar-refractivity contribution in [3.05, 3.63) is 83.4 Å². The molecule has 3 aromatic carbocycles. The third-order valence-electron chi connectivity index (χ3n) is 7.28. The van der Waals surface area contributed by atoms with Gasteiger partial charge in [0.1, 0.15) is 12.4 Å². The van der Waals surface area contributed by atoms with Crippen molar-refractivity contribution in [3.8, 4) is 17.2 Å². The van der Waals surface area contributed by atoms with Gasteiger partial charge in [0.2, 0.25) is 0 Å². The molecule has 4 nitrogen and oxygen atoms in total. The first-order valence-corrected chi connectivity index (χ1v) is 14.1.